The fourth-order valence-electron chi connectivity index (χ4n) is 4.19. The average molecular weight is 320 g/mol. The predicted octanol–water partition coefficient (Wildman–Crippen LogP) is 2.11. The number of anilines is 1. The van der Waals surface area contributed by atoms with Gasteiger partial charge in [-0.3, -0.25) is 9.69 Å². The Morgan fingerprint density at radius 1 is 1.12 bits per heavy atom. The summed E-state index contributed by atoms with van der Waals surface area (Å²) < 4.78 is 1.92. The first-order chi connectivity index (χ1) is 11.7. The van der Waals surface area contributed by atoms with E-state index in [0.717, 1.165) is 37.3 Å². The number of nitrogens with zero attached hydrogens (tertiary/aromatic N) is 3. The molecule has 5 nitrogen and oxygen atoms in total. The molecule has 24 heavy (non-hydrogen) atoms. The van der Waals surface area contributed by atoms with Gasteiger partial charge in [0.05, 0.1) is 6.07 Å². The number of pyridine rings is 1. The van der Waals surface area contributed by atoms with Crippen LogP contribution in [-0.2, 0) is 6.54 Å². The van der Waals surface area contributed by atoms with Gasteiger partial charge in [0, 0.05) is 43.0 Å². The van der Waals surface area contributed by atoms with Gasteiger partial charge < -0.3 is 10.3 Å². The fraction of sp³-hybridized carbons (Fsp3) is 0.368. The van der Waals surface area contributed by atoms with Gasteiger partial charge in [0.15, 0.2) is 0 Å². The van der Waals surface area contributed by atoms with Crippen molar-refractivity contribution in [1.29, 1.82) is 5.26 Å². The number of rotatable bonds is 2. The van der Waals surface area contributed by atoms with Crippen LogP contribution in [0.1, 0.15) is 29.6 Å². The highest BCUT2D eigenvalue weighted by Crippen LogP contribution is 2.38. The first-order valence-corrected chi connectivity index (χ1v) is 8.34. The summed E-state index contributed by atoms with van der Waals surface area (Å²) in [4.78, 5) is 14.4. The van der Waals surface area contributed by atoms with Crippen molar-refractivity contribution in [2.24, 2.45) is 5.92 Å². The lowest BCUT2D eigenvalue weighted by atomic mass is 9.82. The maximum absolute atomic E-state index is 12.1. The smallest absolute Gasteiger partial charge is 0.250 e. The molecule has 122 valence electrons. The summed E-state index contributed by atoms with van der Waals surface area (Å²) in [5.41, 5.74) is 8.65. The SMILES string of the molecule is N#CC(c1ccc(N)cc1)N1C[C@H]2C[C@@H](C1)c1cccc(=O)n1C2. The van der Waals surface area contributed by atoms with E-state index in [2.05, 4.69) is 17.0 Å². The molecule has 3 atom stereocenters. The number of hydrogen-bond acceptors (Lipinski definition) is 4. The van der Waals surface area contributed by atoms with Gasteiger partial charge in [-0.1, -0.05) is 18.2 Å². The largest absolute Gasteiger partial charge is 0.399 e. The summed E-state index contributed by atoms with van der Waals surface area (Å²) in [5.74, 6) is 0.733. The van der Waals surface area contributed by atoms with Crippen molar-refractivity contribution in [2.75, 3.05) is 18.8 Å². The molecule has 2 N–H and O–H groups in total. The van der Waals surface area contributed by atoms with Crippen molar-refractivity contribution in [3.63, 3.8) is 0 Å². The first-order valence-electron chi connectivity index (χ1n) is 8.34. The van der Waals surface area contributed by atoms with Crippen LogP contribution in [-0.4, -0.2) is 22.6 Å². The highest BCUT2D eigenvalue weighted by molar-refractivity contribution is 5.41. The zero-order valence-electron chi connectivity index (χ0n) is 13.4. The van der Waals surface area contributed by atoms with Crippen LogP contribution >= 0.6 is 0 Å². The van der Waals surface area contributed by atoms with Gasteiger partial charge in [-0.2, -0.15) is 5.26 Å². The van der Waals surface area contributed by atoms with Crippen molar-refractivity contribution < 1.29 is 0 Å². The lowest BCUT2D eigenvalue weighted by Gasteiger charge is -2.44. The third-order valence-corrected chi connectivity index (χ3v) is 5.25. The second kappa shape index (κ2) is 5.81. The number of nitrogen functional groups attached to an aromatic ring is 1. The van der Waals surface area contributed by atoms with Crippen LogP contribution in [0.5, 0.6) is 0 Å². The normalized spacial score (nSPS) is 24.0. The van der Waals surface area contributed by atoms with E-state index in [0.29, 0.717) is 17.5 Å². The van der Waals surface area contributed by atoms with Crippen LogP contribution in [0.4, 0.5) is 5.69 Å². The second-order valence-electron chi connectivity index (χ2n) is 6.85. The minimum atomic E-state index is -0.266. The van der Waals surface area contributed by atoms with E-state index in [4.69, 9.17) is 5.73 Å². The van der Waals surface area contributed by atoms with Gasteiger partial charge in [0.1, 0.15) is 6.04 Å². The van der Waals surface area contributed by atoms with Crippen LogP contribution in [0.3, 0.4) is 0 Å². The molecule has 1 aromatic heterocycles. The molecule has 2 bridgehead atoms. The number of piperidine rings is 1. The van der Waals surface area contributed by atoms with Gasteiger partial charge in [-0.05, 0) is 36.1 Å². The maximum Gasteiger partial charge on any atom is 0.250 e. The summed E-state index contributed by atoms with van der Waals surface area (Å²) >= 11 is 0. The van der Waals surface area contributed by atoms with Crippen molar-refractivity contribution in [3.8, 4) is 6.07 Å². The molecule has 5 heteroatoms. The van der Waals surface area contributed by atoms with Crippen molar-refractivity contribution >= 4 is 5.69 Å². The Kier molecular flexibility index (Phi) is 3.62. The molecule has 1 saturated heterocycles. The molecule has 2 aliphatic rings. The van der Waals surface area contributed by atoms with E-state index in [1.807, 2.05) is 34.9 Å². The van der Waals surface area contributed by atoms with Gasteiger partial charge in [0.2, 0.25) is 0 Å². The molecule has 1 fully saturated rings. The Morgan fingerprint density at radius 3 is 2.67 bits per heavy atom. The molecule has 2 aromatic rings. The van der Waals surface area contributed by atoms with Crippen molar-refractivity contribution in [3.05, 3.63) is 64.1 Å². The standard InChI is InChI=1S/C19H20N4O/c20-9-18(14-4-6-16(21)7-5-14)22-10-13-8-15(12-22)17-2-1-3-19(24)23(17)11-13/h1-7,13,15,18H,8,10-12,21H2/t13-,15+,18?/m1/s1. The number of nitriles is 1. The second-order valence-corrected chi connectivity index (χ2v) is 6.85. The van der Waals surface area contributed by atoms with Crippen LogP contribution in [0.25, 0.3) is 0 Å². The molecule has 0 radical (unpaired) electrons. The Hall–Kier alpha value is -2.58. The molecule has 2 aliphatic heterocycles. The Balaban J connectivity index is 1.64. The average Bonchev–Trinajstić information content (AvgIpc) is 2.58. The van der Waals surface area contributed by atoms with E-state index in [-0.39, 0.29) is 11.6 Å². The predicted molar refractivity (Wildman–Crippen MR) is 92.3 cm³/mol. The minimum absolute atomic E-state index is 0.0889. The van der Waals surface area contributed by atoms with Gasteiger partial charge in [-0.15, -0.1) is 0 Å². The summed E-state index contributed by atoms with van der Waals surface area (Å²) in [6.45, 7) is 2.41. The van der Waals surface area contributed by atoms with Gasteiger partial charge in [0.25, 0.3) is 5.56 Å². The Morgan fingerprint density at radius 2 is 1.92 bits per heavy atom. The highest BCUT2D eigenvalue weighted by atomic mass is 16.1. The topological polar surface area (TPSA) is 75.1 Å². The summed E-state index contributed by atoms with van der Waals surface area (Å²) in [5, 5.41) is 9.73. The molecule has 0 saturated carbocycles. The number of nitrogens with two attached hydrogens (primary N) is 1. The molecular weight excluding hydrogens is 300 g/mol. The first kappa shape index (κ1) is 15.0. The van der Waals surface area contributed by atoms with E-state index in [1.165, 1.54) is 0 Å². The molecule has 4 rings (SSSR count). The zero-order valence-corrected chi connectivity index (χ0v) is 13.4. The van der Waals surface area contributed by atoms with Crippen molar-refractivity contribution in [1.82, 2.24) is 9.47 Å². The molecule has 3 heterocycles. The number of aromatic nitrogens is 1. The summed E-state index contributed by atoms with van der Waals surface area (Å²) in [6, 6.07) is 15.3. The van der Waals surface area contributed by atoms with E-state index >= 15 is 0 Å². The lowest BCUT2D eigenvalue weighted by molar-refractivity contribution is 0.100. The molecule has 0 spiro atoms. The third kappa shape index (κ3) is 2.49. The van der Waals surface area contributed by atoms with Crippen molar-refractivity contribution in [2.45, 2.75) is 24.9 Å². The van der Waals surface area contributed by atoms with Crippen LogP contribution in [0.15, 0.2) is 47.3 Å². The van der Waals surface area contributed by atoms with Gasteiger partial charge >= 0.3 is 0 Å². The summed E-state index contributed by atoms with van der Waals surface area (Å²) in [7, 11) is 0. The minimum Gasteiger partial charge on any atom is -0.399 e. The highest BCUT2D eigenvalue weighted by Gasteiger charge is 2.37. The molecular formula is C19H20N4O. The maximum atomic E-state index is 12.1. The molecule has 1 aromatic carbocycles. The summed E-state index contributed by atoms with van der Waals surface area (Å²) in [6.07, 6.45) is 1.10. The quantitative estimate of drug-likeness (QED) is 0.860. The van der Waals surface area contributed by atoms with Crippen LogP contribution in [0, 0.1) is 17.2 Å². The number of fused-ring (bicyclic) bond motifs is 4. The Labute approximate surface area is 140 Å². The van der Waals surface area contributed by atoms with Gasteiger partial charge in [-0.25, -0.2) is 0 Å². The number of benzene rings is 1. The Bertz CT molecular complexity index is 849. The fourth-order valence-corrected chi connectivity index (χ4v) is 4.19. The zero-order chi connectivity index (χ0) is 16.7. The van der Waals surface area contributed by atoms with E-state index in [1.54, 1.807) is 6.07 Å². The van der Waals surface area contributed by atoms with Crippen LogP contribution < -0.4 is 11.3 Å². The number of likely N-dealkylation sites (tertiary alicyclic amines) is 1. The molecule has 0 aliphatic carbocycles. The monoisotopic (exact) mass is 320 g/mol. The molecule has 1 unspecified atom stereocenters. The van der Waals surface area contributed by atoms with E-state index in [9.17, 15) is 10.1 Å². The number of hydrogen-bond donors (Lipinski definition) is 1. The lowest BCUT2D eigenvalue weighted by Crippen LogP contribution is -2.47. The van der Waals surface area contributed by atoms with E-state index < -0.39 is 0 Å². The molecule has 0 amide bonds. The third-order valence-electron chi connectivity index (χ3n) is 5.25. The van der Waals surface area contributed by atoms with Crippen LogP contribution in [0.2, 0.25) is 0 Å².